The van der Waals surface area contributed by atoms with Crippen molar-refractivity contribution in [3.8, 4) is 0 Å². The lowest BCUT2D eigenvalue weighted by molar-refractivity contribution is -0.140. The number of carbonyl (C=O) groups is 1. The van der Waals surface area contributed by atoms with E-state index in [1.165, 1.54) is 7.11 Å². The van der Waals surface area contributed by atoms with Gasteiger partial charge in [0.05, 0.1) is 7.11 Å². The number of hydrogen-bond donors (Lipinski definition) is 0. The molecule has 0 aliphatic rings. The average molecular weight is 158 g/mol. The van der Waals surface area contributed by atoms with Crippen LogP contribution in [0, 0.1) is 0 Å². The molecule has 0 unspecified atom stereocenters. The van der Waals surface area contributed by atoms with E-state index in [4.69, 9.17) is 5.73 Å². The molecule has 0 fully saturated rings. The van der Waals surface area contributed by atoms with Crippen molar-refractivity contribution in [2.24, 2.45) is 0 Å². The molecular weight excluding hydrogens is 142 g/mol. The van der Waals surface area contributed by atoms with E-state index in [0.717, 1.165) is 25.7 Å². The first kappa shape index (κ1) is 10.4. The first-order valence-electron chi connectivity index (χ1n) is 4.02. The Morgan fingerprint density at radius 2 is 1.91 bits per heavy atom. The van der Waals surface area contributed by atoms with Gasteiger partial charge in [-0.3, -0.25) is 10.5 Å². The number of methoxy groups -OCH3 is 1. The van der Waals surface area contributed by atoms with E-state index in [2.05, 4.69) is 4.74 Å². The molecule has 0 aliphatic carbocycles. The second-order valence-corrected chi connectivity index (χ2v) is 2.49. The number of esters is 1. The van der Waals surface area contributed by atoms with Gasteiger partial charge in [-0.2, -0.15) is 0 Å². The number of rotatable bonds is 6. The summed E-state index contributed by atoms with van der Waals surface area (Å²) in [5.74, 6) is -0.129. The van der Waals surface area contributed by atoms with Crippen LogP contribution in [0.1, 0.15) is 32.1 Å². The van der Waals surface area contributed by atoms with Crippen molar-refractivity contribution >= 4 is 5.97 Å². The predicted molar refractivity (Wildman–Crippen MR) is 43.1 cm³/mol. The Labute approximate surface area is 67.9 Å². The molecule has 1 N–H and O–H groups in total. The molecule has 3 heteroatoms. The zero-order valence-electron chi connectivity index (χ0n) is 7.06. The third kappa shape index (κ3) is 7.33. The summed E-state index contributed by atoms with van der Waals surface area (Å²) < 4.78 is 4.48. The lowest BCUT2D eigenvalue weighted by Crippen LogP contribution is -1.99. The van der Waals surface area contributed by atoms with Crippen LogP contribution in [0.25, 0.3) is 0 Å². The zero-order chi connectivity index (χ0) is 8.53. The van der Waals surface area contributed by atoms with Crippen molar-refractivity contribution < 1.29 is 9.53 Å². The second-order valence-electron chi connectivity index (χ2n) is 2.49. The van der Waals surface area contributed by atoms with Crippen LogP contribution < -0.4 is 5.73 Å². The number of unbranched alkanes of at least 4 members (excludes halogenated alkanes) is 3. The van der Waals surface area contributed by atoms with E-state index in [0.29, 0.717) is 13.0 Å². The number of hydrogen-bond acceptors (Lipinski definition) is 2. The Bertz CT molecular complexity index is 104. The normalized spacial score (nSPS) is 9.64. The van der Waals surface area contributed by atoms with Crippen LogP contribution in [-0.4, -0.2) is 19.6 Å². The van der Waals surface area contributed by atoms with Gasteiger partial charge in [0.1, 0.15) is 0 Å². The first-order valence-corrected chi connectivity index (χ1v) is 4.02. The van der Waals surface area contributed by atoms with E-state index >= 15 is 0 Å². The van der Waals surface area contributed by atoms with Crippen LogP contribution in [0.4, 0.5) is 0 Å². The summed E-state index contributed by atoms with van der Waals surface area (Å²) >= 11 is 0. The Balaban J connectivity index is 2.95. The van der Waals surface area contributed by atoms with Crippen LogP contribution in [0.15, 0.2) is 0 Å². The molecule has 0 aromatic carbocycles. The molecule has 0 saturated carbocycles. The highest BCUT2D eigenvalue weighted by molar-refractivity contribution is 5.68. The molecule has 0 saturated heterocycles. The van der Waals surface area contributed by atoms with Gasteiger partial charge >= 0.3 is 5.97 Å². The Morgan fingerprint density at radius 1 is 1.27 bits per heavy atom. The Morgan fingerprint density at radius 3 is 2.45 bits per heavy atom. The minimum absolute atomic E-state index is 0.129. The van der Waals surface area contributed by atoms with Gasteiger partial charge in [-0.15, -0.1) is 0 Å². The third-order valence-corrected chi connectivity index (χ3v) is 1.54. The summed E-state index contributed by atoms with van der Waals surface area (Å²) in [5.41, 5.74) is 6.87. The van der Waals surface area contributed by atoms with E-state index in [1.807, 2.05) is 0 Å². The number of nitrogens with one attached hydrogen (secondary N) is 1. The minimum Gasteiger partial charge on any atom is -0.469 e. The Kier molecular flexibility index (Phi) is 7.15. The van der Waals surface area contributed by atoms with Gasteiger partial charge in [0.15, 0.2) is 0 Å². The van der Waals surface area contributed by atoms with Crippen molar-refractivity contribution in [3.63, 3.8) is 0 Å². The molecule has 0 atom stereocenters. The fourth-order valence-electron chi connectivity index (χ4n) is 0.850. The van der Waals surface area contributed by atoms with E-state index in [-0.39, 0.29) is 5.97 Å². The van der Waals surface area contributed by atoms with E-state index in [1.54, 1.807) is 0 Å². The molecule has 0 rings (SSSR count). The summed E-state index contributed by atoms with van der Waals surface area (Å²) in [7, 11) is 1.41. The maximum absolute atomic E-state index is 10.6. The molecule has 0 spiro atoms. The number of carbonyl (C=O) groups excluding carboxylic acids is 1. The van der Waals surface area contributed by atoms with Crippen molar-refractivity contribution in [2.75, 3.05) is 13.7 Å². The summed E-state index contributed by atoms with van der Waals surface area (Å²) in [4.78, 5) is 10.6. The molecule has 11 heavy (non-hydrogen) atoms. The van der Waals surface area contributed by atoms with Gasteiger partial charge in [0, 0.05) is 13.0 Å². The van der Waals surface area contributed by atoms with Crippen molar-refractivity contribution in [1.82, 2.24) is 5.73 Å². The molecule has 0 amide bonds. The zero-order valence-corrected chi connectivity index (χ0v) is 7.06. The Hall–Kier alpha value is -0.570. The molecular formula is C8H16NO2. The standard InChI is InChI=1S/C8H16NO2/c1-11-8(10)6-4-2-3-5-7-9/h9H,2-7H2,1H3. The fraction of sp³-hybridized carbons (Fsp3) is 0.875. The first-order chi connectivity index (χ1) is 5.31. The molecule has 65 valence electrons. The molecule has 0 aromatic heterocycles. The van der Waals surface area contributed by atoms with Gasteiger partial charge in [-0.05, 0) is 12.8 Å². The third-order valence-electron chi connectivity index (χ3n) is 1.54. The summed E-state index contributed by atoms with van der Waals surface area (Å²) in [6.45, 7) is 0.498. The molecule has 0 heterocycles. The largest absolute Gasteiger partial charge is 0.469 e. The highest BCUT2D eigenvalue weighted by atomic mass is 16.5. The van der Waals surface area contributed by atoms with Crippen LogP contribution in [-0.2, 0) is 9.53 Å². The molecule has 1 radical (unpaired) electrons. The van der Waals surface area contributed by atoms with Crippen LogP contribution in [0.5, 0.6) is 0 Å². The average Bonchev–Trinajstić information content (AvgIpc) is 2.04. The quantitative estimate of drug-likeness (QED) is 0.433. The van der Waals surface area contributed by atoms with E-state index in [9.17, 15) is 4.79 Å². The summed E-state index contributed by atoms with van der Waals surface area (Å²) in [6.07, 6.45) is 4.46. The van der Waals surface area contributed by atoms with Crippen molar-refractivity contribution in [1.29, 1.82) is 0 Å². The molecule has 3 nitrogen and oxygen atoms in total. The monoisotopic (exact) mass is 158 g/mol. The molecule has 0 aromatic rings. The lowest BCUT2D eigenvalue weighted by atomic mass is 10.1. The maximum atomic E-state index is 10.6. The highest BCUT2D eigenvalue weighted by Crippen LogP contribution is 2.02. The second kappa shape index (κ2) is 7.54. The van der Waals surface area contributed by atoms with Gasteiger partial charge in [0.25, 0.3) is 0 Å². The van der Waals surface area contributed by atoms with Crippen LogP contribution in [0.3, 0.4) is 0 Å². The van der Waals surface area contributed by atoms with Crippen molar-refractivity contribution in [2.45, 2.75) is 32.1 Å². The summed E-state index contributed by atoms with van der Waals surface area (Å²) in [6, 6.07) is 0. The number of ether oxygens (including phenoxy) is 1. The van der Waals surface area contributed by atoms with Crippen molar-refractivity contribution in [3.05, 3.63) is 0 Å². The van der Waals surface area contributed by atoms with Crippen LogP contribution in [0.2, 0.25) is 0 Å². The topological polar surface area (TPSA) is 50.1 Å². The molecule has 0 aliphatic heterocycles. The summed E-state index contributed by atoms with van der Waals surface area (Å²) in [5, 5.41) is 0. The highest BCUT2D eigenvalue weighted by Gasteiger charge is 1.97. The minimum atomic E-state index is -0.129. The van der Waals surface area contributed by atoms with Crippen LogP contribution >= 0.6 is 0 Å². The van der Waals surface area contributed by atoms with Gasteiger partial charge in [-0.25, -0.2) is 0 Å². The van der Waals surface area contributed by atoms with Gasteiger partial charge in [-0.1, -0.05) is 12.8 Å². The lowest BCUT2D eigenvalue weighted by Gasteiger charge is -1.98. The smallest absolute Gasteiger partial charge is 0.305 e. The maximum Gasteiger partial charge on any atom is 0.305 e. The van der Waals surface area contributed by atoms with Gasteiger partial charge < -0.3 is 4.74 Å². The molecule has 0 bridgehead atoms. The van der Waals surface area contributed by atoms with E-state index < -0.39 is 0 Å². The fourth-order valence-corrected chi connectivity index (χ4v) is 0.850. The van der Waals surface area contributed by atoms with Gasteiger partial charge in [0.2, 0.25) is 0 Å². The predicted octanol–water partition coefficient (Wildman–Crippen LogP) is 1.39. The SMILES string of the molecule is COC(=O)CCCCCC[NH].